The largest absolute Gasteiger partial charge is 0.462 e. The summed E-state index contributed by atoms with van der Waals surface area (Å²) in [4.78, 5) is 38.2. The lowest BCUT2D eigenvalue weighted by molar-refractivity contribution is -0.167. The lowest BCUT2D eigenvalue weighted by atomic mass is 10.0. The predicted octanol–water partition coefficient (Wildman–Crippen LogP) is 22.7. The van der Waals surface area contributed by atoms with Crippen molar-refractivity contribution in [3.05, 3.63) is 85.1 Å². The smallest absolute Gasteiger partial charge is 0.306 e. The third-order valence-corrected chi connectivity index (χ3v) is 14.4. The molecular formula is C71H124O6. The third kappa shape index (κ3) is 63.3. The number of unbranched alkanes of at least 4 members (excludes halogenated alkanes) is 35. The maximum absolute atomic E-state index is 12.9. The van der Waals surface area contributed by atoms with Crippen LogP contribution in [0.1, 0.15) is 329 Å². The first-order valence-electron chi connectivity index (χ1n) is 33.1. The third-order valence-electron chi connectivity index (χ3n) is 14.4. The maximum Gasteiger partial charge on any atom is 0.306 e. The Labute approximate surface area is 477 Å². The van der Waals surface area contributed by atoms with E-state index in [9.17, 15) is 14.4 Å². The Hall–Kier alpha value is -3.41. The van der Waals surface area contributed by atoms with E-state index in [4.69, 9.17) is 14.2 Å². The fourth-order valence-electron chi connectivity index (χ4n) is 9.48. The van der Waals surface area contributed by atoms with Crippen molar-refractivity contribution in [1.29, 1.82) is 0 Å². The molecule has 6 heteroatoms. The van der Waals surface area contributed by atoms with Crippen LogP contribution < -0.4 is 0 Å². The van der Waals surface area contributed by atoms with Gasteiger partial charge in [-0.25, -0.2) is 0 Å². The van der Waals surface area contributed by atoms with E-state index >= 15 is 0 Å². The first-order valence-corrected chi connectivity index (χ1v) is 33.1. The average Bonchev–Trinajstić information content (AvgIpc) is 3.43. The molecule has 0 aromatic rings. The van der Waals surface area contributed by atoms with Crippen LogP contribution in [-0.2, 0) is 28.6 Å². The molecule has 0 aromatic heterocycles. The molecule has 0 N–H and O–H groups in total. The lowest BCUT2D eigenvalue weighted by Gasteiger charge is -2.18. The van der Waals surface area contributed by atoms with Gasteiger partial charge in [0.15, 0.2) is 6.10 Å². The van der Waals surface area contributed by atoms with Crippen LogP contribution in [0.2, 0.25) is 0 Å². The van der Waals surface area contributed by atoms with Crippen molar-refractivity contribution < 1.29 is 28.6 Å². The minimum absolute atomic E-state index is 0.0792. The number of carbonyl (C=O) groups excluding carboxylic acids is 3. The molecule has 0 spiro atoms. The molecule has 0 aliphatic rings. The van der Waals surface area contributed by atoms with Gasteiger partial charge in [-0.1, -0.05) is 318 Å². The Morgan fingerprint density at radius 2 is 0.506 bits per heavy atom. The van der Waals surface area contributed by atoms with E-state index in [1.165, 1.54) is 167 Å². The van der Waals surface area contributed by atoms with Crippen LogP contribution in [0.5, 0.6) is 0 Å². The first-order chi connectivity index (χ1) is 38.0. The van der Waals surface area contributed by atoms with E-state index in [0.29, 0.717) is 19.3 Å². The van der Waals surface area contributed by atoms with E-state index < -0.39 is 6.10 Å². The highest BCUT2D eigenvalue weighted by molar-refractivity contribution is 5.71. The van der Waals surface area contributed by atoms with E-state index in [1.54, 1.807) is 0 Å². The zero-order chi connectivity index (χ0) is 55.7. The molecule has 444 valence electrons. The van der Waals surface area contributed by atoms with Crippen LogP contribution in [0.25, 0.3) is 0 Å². The van der Waals surface area contributed by atoms with Crippen molar-refractivity contribution in [3.63, 3.8) is 0 Å². The Kier molecular flexibility index (Phi) is 62.2. The van der Waals surface area contributed by atoms with Crippen molar-refractivity contribution in [3.8, 4) is 0 Å². The van der Waals surface area contributed by atoms with Crippen LogP contribution in [0.3, 0.4) is 0 Å². The molecule has 0 rings (SSSR count). The summed E-state index contributed by atoms with van der Waals surface area (Å²) in [6, 6.07) is 0. The minimum atomic E-state index is -0.782. The molecule has 0 amide bonds. The number of rotatable bonds is 60. The van der Waals surface area contributed by atoms with Crippen molar-refractivity contribution >= 4 is 17.9 Å². The van der Waals surface area contributed by atoms with Gasteiger partial charge >= 0.3 is 17.9 Å². The SMILES string of the molecule is CC/C=C\C/C=C\C/C=C\C/C=C\C/C=C\C/C=C\C/C=C\CCCCCCCC(=O)OCC(COC(=O)CCCCCCCCCC)OC(=O)CCCCCCCCCCCCCCCCCCCCCCCCCC. The van der Waals surface area contributed by atoms with Crippen LogP contribution in [0, 0.1) is 0 Å². The fraction of sp³-hybridized carbons (Fsp3) is 0.761. The van der Waals surface area contributed by atoms with Gasteiger partial charge in [-0.3, -0.25) is 14.4 Å². The first kappa shape index (κ1) is 73.6. The van der Waals surface area contributed by atoms with Gasteiger partial charge in [0.05, 0.1) is 0 Å². The van der Waals surface area contributed by atoms with Gasteiger partial charge < -0.3 is 14.2 Å². The topological polar surface area (TPSA) is 78.9 Å². The number of hydrogen-bond acceptors (Lipinski definition) is 6. The van der Waals surface area contributed by atoms with Crippen LogP contribution in [-0.4, -0.2) is 37.2 Å². The molecule has 1 unspecified atom stereocenters. The van der Waals surface area contributed by atoms with Crippen LogP contribution >= 0.6 is 0 Å². The van der Waals surface area contributed by atoms with Gasteiger partial charge in [-0.05, 0) is 77.0 Å². The molecule has 6 nitrogen and oxygen atoms in total. The monoisotopic (exact) mass is 1070 g/mol. The molecule has 0 radical (unpaired) electrons. The summed E-state index contributed by atoms with van der Waals surface area (Å²) in [6.45, 7) is 6.52. The van der Waals surface area contributed by atoms with Gasteiger partial charge in [-0.2, -0.15) is 0 Å². The Balaban J connectivity index is 4.20. The summed E-state index contributed by atoms with van der Waals surface area (Å²) < 4.78 is 16.9. The molecule has 0 aromatic carbocycles. The summed E-state index contributed by atoms with van der Waals surface area (Å²) in [5, 5.41) is 0. The highest BCUT2D eigenvalue weighted by atomic mass is 16.6. The molecule has 77 heavy (non-hydrogen) atoms. The van der Waals surface area contributed by atoms with E-state index in [0.717, 1.165) is 122 Å². The second-order valence-corrected chi connectivity index (χ2v) is 22.0. The quantitative estimate of drug-likeness (QED) is 0.0261. The van der Waals surface area contributed by atoms with E-state index in [-0.39, 0.29) is 31.1 Å². The minimum Gasteiger partial charge on any atom is -0.462 e. The van der Waals surface area contributed by atoms with E-state index in [2.05, 4.69) is 106 Å². The second kappa shape index (κ2) is 65.1. The Morgan fingerprint density at radius 3 is 0.792 bits per heavy atom. The summed E-state index contributed by atoms with van der Waals surface area (Å²) in [5.74, 6) is -0.889. The summed E-state index contributed by atoms with van der Waals surface area (Å²) in [7, 11) is 0. The van der Waals surface area contributed by atoms with E-state index in [1.807, 2.05) is 0 Å². The van der Waals surface area contributed by atoms with Gasteiger partial charge in [0.1, 0.15) is 13.2 Å². The Morgan fingerprint density at radius 1 is 0.273 bits per heavy atom. The molecule has 0 aliphatic carbocycles. The molecule has 0 saturated carbocycles. The Bertz CT molecular complexity index is 1470. The number of carbonyl (C=O) groups is 3. The normalized spacial score (nSPS) is 12.6. The van der Waals surface area contributed by atoms with Crippen molar-refractivity contribution in [2.24, 2.45) is 0 Å². The zero-order valence-corrected chi connectivity index (χ0v) is 51.0. The number of hydrogen-bond donors (Lipinski definition) is 0. The number of esters is 3. The van der Waals surface area contributed by atoms with Crippen molar-refractivity contribution in [2.45, 2.75) is 335 Å². The van der Waals surface area contributed by atoms with Gasteiger partial charge in [0.25, 0.3) is 0 Å². The summed E-state index contributed by atoms with van der Waals surface area (Å²) >= 11 is 0. The average molecular weight is 1070 g/mol. The van der Waals surface area contributed by atoms with Gasteiger partial charge in [0, 0.05) is 19.3 Å². The highest BCUT2D eigenvalue weighted by Gasteiger charge is 2.19. The molecule has 0 bridgehead atoms. The summed E-state index contributed by atoms with van der Waals surface area (Å²) in [6.07, 6.45) is 86.2. The zero-order valence-electron chi connectivity index (χ0n) is 51.0. The van der Waals surface area contributed by atoms with Gasteiger partial charge in [0.2, 0.25) is 0 Å². The van der Waals surface area contributed by atoms with Crippen LogP contribution in [0.15, 0.2) is 85.1 Å². The van der Waals surface area contributed by atoms with Crippen LogP contribution in [0.4, 0.5) is 0 Å². The predicted molar refractivity (Wildman–Crippen MR) is 334 cm³/mol. The molecule has 0 heterocycles. The van der Waals surface area contributed by atoms with Crippen molar-refractivity contribution in [1.82, 2.24) is 0 Å². The molecule has 0 aliphatic heterocycles. The standard InChI is InChI=1S/C71H124O6/c1-4-7-10-13-16-19-21-23-25-27-29-31-33-35-36-37-39-40-42-44-46-48-50-52-55-58-61-64-70(73)76-67-68(66-75-69(72)63-60-57-54-18-15-12-9-6-3)77-71(74)65-62-59-56-53-51-49-47-45-43-41-38-34-32-30-28-26-24-22-20-17-14-11-8-5-2/h7,10,16,19,23,25,29,31,35-36,39-40,44,46,68H,4-6,8-9,11-15,17-18,20-22,24,26-28,30,32-34,37-38,41-43,45,47-67H2,1-3H3/b10-7-,19-16-,25-23-,31-29-,36-35-,40-39-,46-44-. The molecule has 0 saturated heterocycles. The fourth-order valence-corrected chi connectivity index (χ4v) is 9.48. The highest BCUT2D eigenvalue weighted by Crippen LogP contribution is 2.17. The number of allylic oxidation sites excluding steroid dienone is 14. The molecule has 1 atom stereocenters. The maximum atomic E-state index is 12.9. The number of ether oxygens (including phenoxy) is 3. The molecule has 0 fully saturated rings. The van der Waals surface area contributed by atoms with Crippen molar-refractivity contribution in [2.75, 3.05) is 13.2 Å². The molecular weight excluding hydrogens is 949 g/mol. The second-order valence-electron chi connectivity index (χ2n) is 22.0. The lowest BCUT2D eigenvalue weighted by Crippen LogP contribution is -2.30. The van der Waals surface area contributed by atoms with Gasteiger partial charge in [-0.15, -0.1) is 0 Å². The summed E-state index contributed by atoms with van der Waals surface area (Å²) in [5.41, 5.74) is 0.